The zero-order valence-electron chi connectivity index (χ0n) is 19.3. The molecule has 1 saturated heterocycles. The summed E-state index contributed by atoms with van der Waals surface area (Å²) in [6, 6.07) is 5.14. The fraction of sp³-hybridized carbons (Fsp3) is 0.769. The highest BCUT2D eigenvalue weighted by Crippen LogP contribution is 2.77. The summed E-state index contributed by atoms with van der Waals surface area (Å²) in [7, 11) is 4.20. The van der Waals surface area contributed by atoms with Gasteiger partial charge in [0.1, 0.15) is 17.5 Å². The lowest BCUT2D eigenvalue weighted by atomic mass is 9.33. The minimum atomic E-state index is -0.736. The summed E-state index contributed by atoms with van der Waals surface area (Å²) in [5.74, 6) is 1.25. The van der Waals surface area contributed by atoms with Crippen LogP contribution in [0.2, 0.25) is 0 Å². The van der Waals surface area contributed by atoms with Crippen molar-refractivity contribution in [2.45, 2.75) is 94.5 Å². The Hall–Kier alpha value is -1.10. The zero-order chi connectivity index (χ0) is 21.1. The molecule has 0 amide bonds. The summed E-state index contributed by atoms with van der Waals surface area (Å²) >= 11 is 0. The molecule has 1 unspecified atom stereocenters. The number of hydrogen-bond donors (Lipinski definition) is 1. The molecule has 6 aliphatic rings. The normalized spacial score (nSPS) is 45.1. The molecule has 2 aliphatic heterocycles. The summed E-state index contributed by atoms with van der Waals surface area (Å²) in [5.41, 5.74) is 3.32. The van der Waals surface area contributed by atoms with Crippen molar-refractivity contribution in [1.82, 2.24) is 4.90 Å². The average molecular weight is 412 g/mol. The Balaban J connectivity index is 1.64. The molecule has 4 aliphatic carbocycles. The first-order chi connectivity index (χ1) is 14.3. The van der Waals surface area contributed by atoms with Gasteiger partial charge in [-0.05, 0) is 77.1 Å². The highest BCUT2D eigenvalue weighted by molar-refractivity contribution is 5.61. The van der Waals surface area contributed by atoms with Gasteiger partial charge < -0.3 is 19.5 Å². The maximum Gasteiger partial charge on any atom is 0.138 e. The fourth-order valence-corrected chi connectivity index (χ4v) is 9.24. The number of benzene rings is 1. The van der Waals surface area contributed by atoms with E-state index in [9.17, 15) is 5.11 Å². The van der Waals surface area contributed by atoms with Crippen LogP contribution in [0, 0.1) is 18.3 Å². The van der Waals surface area contributed by atoms with Crippen LogP contribution < -0.4 is 4.74 Å². The summed E-state index contributed by atoms with van der Waals surface area (Å²) in [6.07, 6.45) is 7.29. The molecule has 4 nitrogen and oxygen atoms in total. The number of ether oxygens (including phenoxy) is 2. The molecule has 30 heavy (non-hydrogen) atoms. The Bertz CT molecular complexity index is 912. The molecular formula is C26H37NO3. The van der Waals surface area contributed by atoms with Crippen molar-refractivity contribution in [3.63, 3.8) is 0 Å². The summed E-state index contributed by atoms with van der Waals surface area (Å²) in [6.45, 7) is 7.56. The van der Waals surface area contributed by atoms with E-state index in [2.05, 4.69) is 44.9 Å². The second kappa shape index (κ2) is 5.82. The Morgan fingerprint density at radius 2 is 2.10 bits per heavy atom. The van der Waals surface area contributed by atoms with Gasteiger partial charge in [-0.25, -0.2) is 0 Å². The molecule has 1 aromatic carbocycles. The Labute approximate surface area is 180 Å². The SMILES string of the molecule is CCC[C@@](C)(O)C1C[C@@]23CC[C@@]1(OC)[C@@H]1Oc4c(C)ccc5c4[C@@]12CCN(C)[C@@H]3C5. The number of methoxy groups -OCH3 is 1. The first kappa shape index (κ1) is 19.6. The van der Waals surface area contributed by atoms with E-state index in [4.69, 9.17) is 9.47 Å². The van der Waals surface area contributed by atoms with Crippen LogP contribution in [0.4, 0.5) is 0 Å². The molecule has 7 rings (SSSR count). The molecule has 4 bridgehead atoms. The van der Waals surface area contributed by atoms with Gasteiger partial charge in [0.05, 0.1) is 5.60 Å². The van der Waals surface area contributed by atoms with Gasteiger partial charge in [0.2, 0.25) is 0 Å². The molecule has 0 aromatic heterocycles. The number of nitrogens with zero attached hydrogens (tertiary/aromatic N) is 1. The zero-order valence-corrected chi connectivity index (χ0v) is 19.3. The van der Waals surface area contributed by atoms with E-state index < -0.39 is 11.2 Å². The second-order valence-electron chi connectivity index (χ2n) is 11.3. The lowest BCUT2D eigenvalue weighted by Gasteiger charge is -2.74. The predicted molar refractivity (Wildman–Crippen MR) is 117 cm³/mol. The summed E-state index contributed by atoms with van der Waals surface area (Å²) < 4.78 is 13.5. The molecule has 164 valence electrons. The minimum Gasteiger partial charge on any atom is -0.486 e. The van der Waals surface area contributed by atoms with Gasteiger partial charge >= 0.3 is 0 Å². The van der Waals surface area contributed by atoms with E-state index >= 15 is 0 Å². The third-order valence-electron chi connectivity index (χ3n) is 10.4. The van der Waals surface area contributed by atoms with Crippen molar-refractivity contribution in [3.05, 3.63) is 28.8 Å². The topological polar surface area (TPSA) is 41.9 Å². The average Bonchev–Trinajstić information content (AvgIpc) is 3.09. The van der Waals surface area contributed by atoms with Crippen LogP contribution in [0.25, 0.3) is 0 Å². The van der Waals surface area contributed by atoms with Gasteiger partial charge in [0.25, 0.3) is 0 Å². The van der Waals surface area contributed by atoms with Crippen molar-refractivity contribution in [2.24, 2.45) is 11.3 Å². The Kier molecular flexibility index (Phi) is 3.80. The van der Waals surface area contributed by atoms with Crippen molar-refractivity contribution < 1.29 is 14.6 Å². The number of piperidine rings is 1. The number of likely N-dealkylation sites (N-methyl/N-ethyl adjacent to an activating group) is 1. The van der Waals surface area contributed by atoms with E-state index in [-0.39, 0.29) is 22.9 Å². The molecule has 2 heterocycles. The number of likely N-dealkylation sites (tertiary alicyclic amines) is 1. The van der Waals surface area contributed by atoms with E-state index in [1.54, 1.807) is 0 Å². The third-order valence-corrected chi connectivity index (χ3v) is 10.4. The Morgan fingerprint density at radius 3 is 2.83 bits per heavy atom. The van der Waals surface area contributed by atoms with Crippen molar-refractivity contribution in [1.29, 1.82) is 0 Å². The highest BCUT2D eigenvalue weighted by Gasteiger charge is 2.81. The number of rotatable bonds is 4. The largest absolute Gasteiger partial charge is 0.486 e. The van der Waals surface area contributed by atoms with Crippen LogP contribution in [0.15, 0.2) is 12.1 Å². The first-order valence-corrected chi connectivity index (χ1v) is 12.0. The van der Waals surface area contributed by atoms with Gasteiger partial charge in [-0.3, -0.25) is 0 Å². The van der Waals surface area contributed by atoms with Crippen molar-refractivity contribution in [3.8, 4) is 5.75 Å². The maximum atomic E-state index is 11.8. The van der Waals surface area contributed by atoms with Crippen LogP contribution in [0.1, 0.15) is 69.1 Å². The molecule has 0 radical (unpaired) electrons. The highest BCUT2D eigenvalue weighted by atomic mass is 16.6. The smallest absolute Gasteiger partial charge is 0.138 e. The van der Waals surface area contributed by atoms with E-state index in [1.807, 2.05) is 7.11 Å². The molecule has 4 fully saturated rings. The van der Waals surface area contributed by atoms with Crippen LogP contribution >= 0.6 is 0 Å². The van der Waals surface area contributed by atoms with Crippen LogP contribution in [-0.2, 0) is 16.6 Å². The lowest BCUT2D eigenvalue weighted by Crippen LogP contribution is -2.82. The van der Waals surface area contributed by atoms with Crippen LogP contribution in [0.3, 0.4) is 0 Å². The molecule has 4 heteroatoms. The quantitative estimate of drug-likeness (QED) is 0.813. The van der Waals surface area contributed by atoms with E-state index in [0.29, 0.717) is 6.04 Å². The molecule has 3 saturated carbocycles. The van der Waals surface area contributed by atoms with Crippen molar-refractivity contribution in [2.75, 3.05) is 20.7 Å². The second-order valence-corrected chi connectivity index (χ2v) is 11.3. The third kappa shape index (κ3) is 1.88. The number of fused-ring (bicyclic) bond motifs is 2. The molecule has 2 spiro atoms. The first-order valence-electron chi connectivity index (χ1n) is 12.0. The number of aryl methyl sites for hydroxylation is 1. The Morgan fingerprint density at radius 1 is 1.30 bits per heavy atom. The molecule has 1 aromatic rings. The summed E-state index contributed by atoms with van der Waals surface area (Å²) in [4.78, 5) is 2.62. The lowest BCUT2D eigenvalue weighted by molar-refractivity contribution is -0.301. The van der Waals surface area contributed by atoms with Gasteiger partial charge in [-0.15, -0.1) is 0 Å². The van der Waals surface area contributed by atoms with Crippen LogP contribution in [0.5, 0.6) is 5.75 Å². The summed E-state index contributed by atoms with van der Waals surface area (Å²) in [5, 5.41) is 11.8. The number of hydrogen-bond acceptors (Lipinski definition) is 4. The van der Waals surface area contributed by atoms with Crippen molar-refractivity contribution >= 4 is 0 Å². The minimum absolute atomic E-state index is 0.0113. The fourth-order valence-electron chi connectivity index (χ4n) is 9.24. The van der Waals surface area contributed by atoms with Crippen LogP contribution in [-0.4, -0.2) is 54.1 Å². The monoisotopic (exact) mass is 411 g/mol. The van der Waals surface area contributed by atoms with Gasteiger partial charge in [-0.2, -0.15) is 0 Å². The molecule has 1 N–H and O–H groups in total. The van der Waals surface area contributed by atoms with E-state index in [1.165, 1.54) is 23.1 Å². The standard InChI is InChI=1S/C26H37NO3/c1-6-9-23(3,28)18-15-24-10-11-26(18,29-5)22-25(24)12-13-27(4)19(24)14-17-8-7-16(2)21(30-22)20(17)25/h7-8,18-19,22,28H,6,9-15H2,1-5H3/t18?,19-,22-,23-,24-,25+,26+/m1/s1. The molecule has 7 atom stereocenters. The maximum absolute atomic E-state index is 11.8. The van der Waals surface area contributed by atoms with Gasteiger partial charge in [0, 0.05) is 35.5 Å². The van der Waals surface area contributed by atoms with E-state index in [0.717, 1.165) is 50.8 Å². The number of aliphatic hydroxyl groups is 1. The van der Waals surface area contributed by atoms with Gasteiger partial charge in [-0.1, -0.05) is 25.5 Å². The molecular weight excluding hydrogens is 374 g/mol. The van der Waals surface area contributed by atoms with Gasteiger partial charge in [0.15, 0.2) is 0 Å². The predicted octanol–water partition coefficient (Wildman–Crippen LogP) is 3.99.